The largest absolute Gasteiger partial charge is 0.0594 e. The van der Waals surface area contributed by atoms with Gasteiger partial charge in [-0.25, -0.2) is 0 Å². The van der Waals surface area contributed by atoms with E-state index in [4.69, 9.17) is 0 Å². The zero-order valence-electron chi connectivity index (χ0n) is 5.48. The third kappa shape index (κ3) is 0.519. The van der Waals surface area contributed by atoms with Gasteiger partial charge in [0.05, 0.1) is 0 Å². The summed E-state index contributed by atoms with van der Waals surface area (Å²) >= 11 is 0. The van der Waals surface area contributed by atoms with E-state index in [0.717, 1.165) is 5.92 Å². The van der Waals surface area contributed by atoms with Crippen LogP contribution in [0.25, 0.3) is 0 Å². The molecule has 2 saturated carbocycles. The Morgan fingerprint density at radius 2 is 2.50 bits per heavy atom. The Bertz CT molecular complexity index is 96.6. The van der Waals surface area contributed by atoms with Crippen LogP contribution in [0, 0.1) is 17.8 Å². The highest BCUT2D eigenvalue weighted by atomic mass is 14.5. The molecule has 2 rings (SSSR count). The maximum absolute atomic E-state index is 2.53. The first-order valence-electron chi connectivity index (χ1n) is 3.63. The van der Waals surface area contributed by atoms with Crippen LogP contribution in [-0.4, -0.2) is 0 Å². The van der Waals surface area contributed by atoms with Gasteiger partial charge in [0.25, 0.3) is 0 Å². The fourth-order valence-corrected chi connectivity index (χ4v) is 2.24. The molecule has 2 fully saturated rings. The van der Waals surface area contributed by atoms with Crippen molar-refractivity contribution < 1.29 is 0 Å². The second-order valence-corrected chi connectivity index (χ2v) is 3.70. The molecule has 0 N–H and O–H groups in total. The normalized spacial score (nSPS) is 52.9. The van der Waals surface area contributed by atoms with Gasteiger partial charge in [0.2, 0.25) is 0 Å². The Kier molecular flexibility index (Phi) is 0.778. The lowest BCUT2D eigenvalue weighted by Gasteiger charge is -2.18. The van der Waals surface area contributed by atoms with Gasteiger partial charge in [-0.3, -0.25) is 0 Å². The average Bonchev–Trinajstić information content (AvgIpc) is 2.21. The molecule has 2 unspecified atom stereocenters. The molecule has 0 aromatic rings. The Hall–Kier alpha value is 0. The number of hydrogen-bond acceptors (Lipinski definition) is 0. The molecular formula is C8H13. The van der Waals surface area contributed by atoms with Gasteiger partial charge in [-0.15, -0.1) is 0 Å². The predicted octanol–water partition coefficient (Wildman–Crippen LogP) is 2.40. The molecular weight excluding hydrogens is 96.1 g/mol. The van der Waals surface area contributed by atoms with Crippen LogP contribution in [0.1, 0.15) is 32.6 Å². The molecule has 45 valence electrons. The molecule has 0 heteroatoms. The molecule has 0 nitrogen and oxygen atoms in total. The van der Waals surface area contributed by atoms with Crippen LogP contribution in [0.2, 0.25) is 0 Å². The highest BCUT2D eigenvalue weighted by Crippen LogP contribution is 2.52. The fraction of sp³-hybridized carbons (Fsp3) is 0.875. The van der Waals surface area contributed by atoms with E-state index in [1.165, 1.54) is 25.7 Å². The fourth-order valence-electron chi connectivity index (χ4n) is 2.24. The summed E-state index contributed by atoms with van der Waals surface area (Å²) in [7, 11) is 0. The van der Waals surface area contributed by atoms with Crippen LogP contribution in [-0.2, 0) is 0 Å². The van der Waals surface area contributed by atoms with E-state index in [2.05, 4.69) is 13.3 Å². The van der Waals surface area contributed by atoms with Gasteiger partial charge in [-0.05, 0) is 43.4 Å². The number of rotatable bonds is 0. The third-order valence-corrected chi connectivity index (χ3v) is 2.82. The maximum Gasteiger partial charge on any atom is -0.0292 e. The SMILES string of the molecule is CC12[CH]CC(CC1)C2. The van der Waals surface area contributed by atoms with Crippen molar-refractivity contribution in [3.8, 4) is 0 Å². The molecule has 0 heterocycles. The van der Waals surface area contributed by atoms with E-state index < -0.39 is 0 Å². The topological polar surface area (TPSA) is 0 Å². The van der Waals surface area contributed by atoms with Crippen LogP contribution in [0.3, 0.4) is 0 Å². The van der Waals surface area contributed by atoms with Gasteiger partial charge in [0.1, 0.15) is 0 Å². The standard InChI is InChI=1S/C8H13/c1-8-4-2-7(6-8)3-5-8/h4,7H,2-3,5-6H2,1H3. The van der Waals surface area contributed by atoms with Crippen molar-refractivity contribution in [2.45, 2.75) is 32.6 Å². The van der Waals surface area contributed by atoms with E-state index in [9.17, 15) is 0 Å². The monoisotopic (exact) mass is 109 g/mol. The second-order valence-electron chi connectivity index (χ2n) is 3.70. The van der Waals surface area contributed by atoms with E-state index in [1.54, 1.807) is 0 Å². The van der Waals surface area contributed by atoms with Gasteiger partial charge in [-0.1, -0.05) is 6.92 Å². The molecule has 1 radical (unpaired) electrons. The van der Waals surface area contributed by atoms with Crippen LogP contribution >= 0.6 is 0 Å². The Morgan fingerprint density at radius 1 is 1.62 bits per heavy atom. The smallest absolute Gasteiger partial charge is 0.0292 e. The molecule has 0 aliphatic heterocycles. The highest BCUT2D eigenvalue weighted by molar-refractivity contribution is 5.03. The lowest BCUT2D eigenvalue weighted by Crippen LogP contribution is -2.07. The third-order valence-electron chi connectivity index (χ3n) is 2.82. The molecule has 0 aromatic carbocycles. The first-order valence-corrected chi connectivity index (χ1v) is 3.63. The maximum atomic E-state index is 2.53. The van der Waals surface area contributed by atoms with Crippen molar-refractivity contribution in [2.24, 2.45) is 11.3 Å². The van der Waals surface area contributed by atoms with Crippen molar-refractivity contribution in [3.63, 3.8) is 0 Å². The molecule has 0 aromatic heterocycles. The minimum atomic E-state index is 0.685. The van der Waals surface area contributed by atoms with Crippen molar-refractivity contribution in [2.75, 3.05) is 0 Å². The first-order chi connectivity index (χ1) is 3.79. The molecule has 2 aliphatic carbocycles. The van der Waals surface area contributed by atoms with Gasteiger partial charge in [0.15, 0.2) is 0 Å². The summed E-state index contributed by atoms with van der Waals surface area (Å²) in [6.07, 6.45) is 8.41. The molecule has 0 saturated heterocycles. The summed E-state index contributed by atoms with van der Waals surface area (Å²) in [6, 6.07) is 0. The van der Waals surface area contributed by atoms with Gasteiger partial charge < -0.3 is 0 Å². The molecule has 2 atom stereocenters. The molecule has 2 bridgehead atoms. The Morgan fingerprint density at radius 3 is 2.62 bits per heavy atom. The summed E-state index contributed by atoms with van der Waals surface area (Å²) in [5.74, 6) is 1.08. The second kappa shape index (κ2) is 1.29. The van der Waals surface area contributed by atoms with Crippen molar-refractivity contribution >= 4 is 0 Å². The average molecular weight is 109 g/mol. The summed E-state index contributed by atoms with van der Waals surface area (Å²) < 4.78 is 0. The van der Waals surface area contributed by atoms with E-state index in [-0.39, 0.29) is 0 Å². The summed E-state index contributed by atoms with van der Waals surface area (Å²) in [5, 5.41) is 0. The highest BCUT2D eigenvalue weighted by Gasteiger charge is 2.40. The van der Waals surface area contributed by atoms with E-state index in [1.807, 2.05) is 0 Å². The summed E-state index contributed by atoms with van der Waals surface area (Å²) in [6.45, 7) is 2.40. The van der Waals surface area contributed by atoms with Gasteiger partial charge in [-0.2, -0.15) is 0 Å². The number of fused-ring (bicyclic) bond motifs is 2. The Labute approximate surface area is 51.3 Å². The molecule has 0 spiro atoms. The van der Waals surface area contributed by atoms with E-state index >= 15 is 0 Å². The molecule has 8 heavy (non-hydrogen) atoms. The van der Waals surface area contributed by atoms with Crippen molar-refractivity contribution in [3.05, 3.63) is 6.42 Å². The van der Waals surface area contributed by atoms with Crippen LogP contribution in [0.15, 0.2) is 0 Å². The zero-order chi connectivity index (χ0) is 5.61. The van der Waals surface area contributed by atoms with Crippen LogP contribution in [0.5, 0.6) is 0 Å². The minimum Gasteiger partial charge on any atom is -0.0594 e. The lowest BCUT2D eigenvalue weighted by atomic mass is 9.87. The quantitative estimate of drug-likeness (QED) is 0.448. The van der Waals surface area contributed by atoms with Crippen LogP contribution < -0.4 is 0 Å². The lowest BCUT2D eigenvalue weighted by molar-refractivity contribution is 0.421. The Balaban J connectivity index is 2.19. The predicted molar refractivity (Wildman–Crippen MR) is 34.4 cm³/mol. The zero-order valence-corrected chi connectivity index (χ0v) is 5.48. The van der Waals surface area contributed by atoms with Gasteiger partial charge in [0, 0.05) is 0 Å². The van der Waals surface area contributed by atoms with Crippen LogP contribution in [0.4, 0.5) is 0 Å². The van der Waals surface area contributed by atoms with Crippen molar-refractivity contribution in [1.29, 1.82) is 0 Å². The summed E-state index contributed by atoms with van der Waals surface area (Å²) in [4.78, 5) is 0. The number of hydrogen-bond donors (Lipinski definition) is 0. The summed E-state index contributed by atoms with van der Waals surface area (Å²) in [5.41, 5.74) is 0.685. The first kappa shape index (κ1) is 4.84. The van der Waals surface area contributed by atoms with E-state index in [0.29, 0.717) is 5.41 Å². The molecule has 0 amide bonds. The van der Waals surface area contributed by atoms with Crippen molar-refractivity contribution in [1.82, 2.24) is 0 Å². The minimum absolute atomic E-state index is 0.685. The molecule has 2 aliphatic rings. The van der Waals surface area contributed by atoms with Gasteiger partial charge >= 0.3 is 0 Å².